The molecular formula is C13H17NO3. The average molecular weight is 235 g/mol. The molecule has 0 saturated heterocycles. The van der Waals surface area contributed by atoms with Crippen LogP contribution in [-0.4, -0.2) is 17.0 Å². The number of benzene rings is 1. The van der Waals surface area contributed by atoms with Crippen LogP contribution in [0.25, 0.3) is 0 Å². The monoisotopic (exact) mass is 235 g/mol. The Morgan fingerprint density at radius 1 is 1.18 bits per heavy atom. The Balaban J connectivity index is 2.67. The molecule has 0 aliphatic rings. The highest BCUT2D eigenvalue weighted by molar-refractivity contribution is 5.93. The maximum Gasteiger partial charge on any atom is 0.312 e. The largest absolute Gasteiger partial charge is 0.481 e. The van der Waals surface area contributed by atoms with E-state index in [1.165, 1.54) is 11.1 Å². The number of aryl methyl sites for hydroxylation is 1. The van der Waals surface area contributed by atoms with Crippen molar-refractivity contribution >= 4 is 11.9 Å². The zero-order valence-corrected chi connectivity index (χ0v) is 10.3. The quantitative estimate of drug-likeness (QED) is 0.781. The van der Waals surface area contributed by atoms with Gasteiger partial charge in [-0.15, -0.1) is 0 Å². The molecule has 0 aromatic heterocycles. The Bertz CT molecular complexity index is 452. The van der Waals surface area contributed by atoms with Gasteiger partial charge in [-0.25, -0.2) is 0 Å². The first-order valence-corrected chi connectivity index (χ1v) is 5.46. The maximum absolute atomic E-state index is 11.2. The van der Waals surface area contributed by atoms with Crippen molar-refractivity contribution in [3.63, 3.8) is 0 Å². The minimum atomic E-state index is -1.11. The lowest BCUT2D eigenvalue weighted by Crippen LogP contribution is -2.25. The Hall–Kier alpha value is -1.84. The van der Waals surface area contributed by atoms with E-state index in [1.54, 1.807) is 0 Å². The molecule has 2 N–H and O–H groups in total. The van der Waals surface area contributed by atoms with Gasteiger partial charge in [0.1, 0.15) is 6.42 Å². The van der Waals surface area contributed by atoms with Gasteiger partial charge in [-0.05, 0) is 43.0 Å². The van der Waals surface area contributed by atoms with Crippen LogP contribution in [-0.2, 0) is 16.1 Å². The molecule has 0 aliphatic carbocycles. The van der Waals surface area contributed by atoms with Crippen LogP contribution < -0.4 is 5.32 Å². The van der Waals surface area contributed by atoms with Gasteiger partial charge in [0.15, 0.2) is 0 Å². The standard InChI is InChI=1S/C13H17NO3/c1-8-4-5-11(10(3)9(8)2)7-14-12(15)6-13(16)17/h4-5H,6-7H2,1-3H3,(H,14,15)(H,16,17). The first-order chi connectivity index (χ1) is 7.91. The van der Waals surface area contributed by atoms with Crippen LogP contribution in [0.4, 0.5) is 0 Å². The normalized spacial score (nSPS) is 10.1. The first-order valence-electron chi connectivity index (χ1n) is 5.46. The third-order valence-corrected chi connectivity index (χ3v) is 2.96. The van der Waals surface area contributed by atoms with Crippen molar-refractivity contribution in [2.75, 3.05) is 0 Å². The van der Waals surface area contributed by atoms with Gasteiger partial charge >= 0.3 is 5.97 Å². The molecule has 0 unspecified atom stereocenters. The molecule has 1 aromatic rings. The minimum Gasteiger partial charge on any atom is -0.481 e. The molecule has 0 atom stereocenters. The summed E-state index contributed by atoms with van der Waals surface area (Å²) in [5, 5.41) is 11.1. The molecule has 0 heterocycles. The lowest BCUT2D eigenvalue weighted by atomic mass is 9.99. The molecule has 4 heteroatoms. The SMILES string of the molecule is Cc1ccc(CNC(=O)CC(=O)O)c(C)c1C. The second kappa shape index (κ2) is 5.48. The number of hydrogen-bond acceptors (Lipinski definition) is 2. The molecule has 17 heavy (non-hydrogen) atoms. The summed E-state index contributed by atoms with van der Waals surface area (Å²) in [6.45, 7) is 6.45. The van der Waals surface area contributed by atoms with E-state index in [-0.39, 0.29) is 0 Å². The lowest BCUT2D eigenvalue weighted by molar-refractivity contribution is -0.140. The highest BCUT2D eigenvalue weighted by Gasteiger charge is 2.08. The van der Waals surface area contributed by atoms with Crippen LogP contribution in [0.2, 0.25) is 0 Å². The Morgan fingerprint density at radius 3 is 2.41 bits per heavy atom. The van der Waals surface area contributed by atoms with Gasteiger partial charge in [-0.2, -0.15) is 0 Å². The van der Waals surface area contributed by atoms with E-state index in [0.717, 1.165) is 11.1 Å². The van der Waals surface area contributed by atoms with Crippen LogP contribution in [0.5, 0.6) is 0 Å². The van der Waals surface area contributed by atoms with Crippen molar-refractivity contribution in [3.05, 3.63) is 34.4 Å². The second-order valence-electron chi connectivity index (χ2n) is 4.14. The average Bonchev–Trinajstić information content (AvgIpc) is 2.24. The Kier molecular flexibility index (Phi) is 4.26. The predicted octanol–water partition coefficient (Wildman–Crippen LogP) is 1.70. The molecular weight excluding hydrogens is 218 g/mol. The summed E-state index contributed by atoms with van der Waals surface area (Å²) in [4.78, 5) is 21.5. The zero-order valence-electron chi connectivity index (χ0n) is 10.3. The van der Waals surface area contributed by atoms with E-state index < -0.39 is 18.3 Å². The number of carboxylic acid groups (broad SMARTS) is 1. The van der Waals surface area contributed by atoms with Crippen LogP contribution in [0.1, 0.15) is 28.7 Å². The fourth-order valence-electron chi connectivity index (χ4n) is 1.60. The van der Waals surface area contributed by atoms with Gasteiger partial charge in [0.05, 0.1) is 0 Å². The molecule has 1 amide bonds. The molecule has 4 nitrogen and oxygen atoms in total. The molecule has 0 bridgehead atoms. The summed E-state index contributed by atoms with van der Waals surface area (Å²) >= 11 is 0. The van der Waals surface area contributed by atoms with E-state index in [9.17, 15) is 9.59 Å². The van der Waals surface area contributed by atoms with Crippen molar-refractivity contribution in [1.82, 2.24) is 5.32 Å². The number of hydrogen-bond donors (Lipinski definition) is 2. The summed E-state index contributed by atoms with van der Waals surface area (Å²) in [6.07, 6.45) is -0.482. The van der Waals surface area contributed by atoms with Gasteiger partial charge in [-0.1, -0.05) is 12.1 Å². The smallest absolute Gasteiger partial charge is 0.312 e. The molecule has 0 spiro atoms. The summed E-state index contributed by atoms with van der Waals surface area (Å²) < 4.78 is 0. The number of nitrogens with one attached hydrogen (secondary N) is 1. The third kappa shape index (κ3) is 3.59. The second-order valence-corrected chi connectivity index (χ2v) is 4.14. The van der Waals surface area contributed by atoms with Gasteiger partial charge in [0, 0.05) is 6.54 Å². The predicted molar refractivity (Wildman–Crippen MR) is 64.8 cm³/mol. The van der Waals surface area contributed by atoms with E-state index in [1.807, 2.05) is 32.9 Å². The van der Waals surface area contributed by atoms with Gasteiger partial charge in [0.2, 0.25) is 5.91 Å². The number of carbonyl (C=O) groups excluding carboxylic acids is 1. The van der Waals surface area contributed by atoms with Crippen LogP contribution in [0, 0.1) is 20.8 Å². The topological polar surface area (TPSA) is 66.4 Å². The fourth-order valence-corrected chi connectivity index (χ4v) is 1.60. The van der Waals surface area contributed by atoms with Crippen LogP contribution >= 0.6 is 0 Å². The highest BCUT2D eigenvalue weighted by Crippen LogP contribution is 2.16. The number of carboxylic acids is 1. The number of aliphatic carboxylic acids is 1. The van der Waals surface area contributed by atoms with Crippen molar-refractivity contribution in [2.45, 2.75) is 33.7 Å². The molecule has 1 aromatic carbocycles. The maximum atomic E-state index is 11.2. The first kappa shape index (κ1) is 13.2. The molecule has 0 fully saturated rings. The zero-order chi connectivity index (χ0) is 13.0. The van der Waals surface area contributed by atoms with E-state index >= 15 is 0 Å². The fraction of sp³-hybridized carbons (Fsp3) is 0.385. The van der Waals surface area contributed by atoms with Gasteiger partial charge < -0.3 is 10.4 Å². The summed E-state index contributed by atoms with van der Waals surface area (Å²) in [5.41, 5.74) is 4.57. The molecule has 1 rings (SSSR count). The van der Waals surface area contributed by atoms with Crippen LogP contribution in [0.15, 0.2) is 12.1 Å². The number of rotatable bonds is 4. The highest BCUT2D eigenvalue weighted by atomic mass is 16.4. The summed E-state index contributed by atoms with van der Waals surface area (Å²) in [6, 6.07) is 3.96. The van der Waals surface area contributed by atoms with Crippen molar-refractivity contribution < 1.29 is 14.7 Å². The minimum absolute atomic E-state index is 0.374. The van der Waals surface area contributed by atoms with Crippen molar-refractivity contribution in [2.24, 2.45) is 0 Å². The lowest BCUT2D eigenvalue weighted by Gasteiger charge is -2.11. The van der Waals surface area contributed by atoms with E-state index in [0.29, 0.717) is 6.54 Å². The summed E-state index contributed by atoms with van der Waals surface area (Å²) in [5.74, 6) is -1.57. The Morgan fingerprint density at radius 2 is 1.82 bits per heavy atom. The molecule has 0 radical (unpaired) electrons. The number of carbonyl (C=O) groups is 2. The van der Waals surface area contributed by atoms with E-state index in [2.05, 4.69) is 5.32 Å². The molecule has 0 saturated carbocycles. The van der Waals surface area contributed by atoms with Gasteiger partial charge in [-0.3, -0.25) is 9.59 Å². The van der Waals surface area contributed by atoms with Crippen molar-refractivity contribution in [1.29, 1.82) is 0 Å². The van der Waals surface area contributed by atoms with Crippen molar-refractivity contribution in [3.8, 4) is 0 Å². The Labute approximate surface area is 101 Å². The van der Waals surface area contributed by atoms with E-state index in [4.69, 9.17) is 5.11 Å². The molecule has 92 valence electrons. The van der Waals surface area contributed by atoms with Gasteiger partial charge in [0.25, 0.3) is 0 Å². The number of amides is 1. The summed E-state index contributed by atoms with van der Waals surface area (Å²) in [7, 11) is 0. The van der Waals surface area contributed by atoms with Crippen LogP contribution in [0.3, 0.4) is 0 Å². The third-order valence-electron chi connectivity index (χ3n) is 2.96. The molecule has 0 aliphatic heterocycles.